The predicted octanol–water partition coefficient (Wildman–Crippen LogP) is 2.73. The molecule has 0 aliphatic heterocycles. The first kappa shape index (κ1) is 11.0. The molecule has 1 aromatic heterocycles. The standard InChI is InChI=1S/C12H14ClN3/c1-2-12-11(14)7-15-16(12)8-9-3-5-10(13)6-4-9/h3-7H,2,8,14H2,1H3. The minimum absolute atomic E-state index is 0.734. The van der Waals surface area contributed by atoms with Gasteiger partial charge in [-0.1, -0.05) is 30.7 Å². The van der Waals surface area contributed by atoms with Gasteiger partial charge in [0.15, 0.2) is 0 Å². The maximum atomic E-state index is 5.83. The number of hydrogen-bond donors (Lipinski definition) is 1. The van der Waals surface area contributed by atoms with Crippen molar-refractivity contribution in [1.82, 2.24) is 9.78 Å². The summed E-state index contributed by atoms with van der Waals surface area (Å²) in [7, 11) is 0. The van der Waals surface area contributed by atoms with E-state index in [1.54, 1.807) is 6.20 Å². The Balaban J connectivity index is 2.23. The summed E-state index contributed by atoms with van der Waals surface area (Å²) in [5, 5.41) is 5.01. The Hall–Kier alpha value is -1.48. The van der Waals surface area contributed by atoms with Crippen LogP contribution < -0.4 is 5.73 Å². The maximum Gasteiger partial charge on any atom is 0.0733 e. The number of nitrogens with two attached hydrogens (primary N) is 1. The molecule has 0 spiro atoms. The lowest BCUT2D eigenvalue weighted by atomic mass is 10.2. The van der Waals surface area contributed by atoms with E-state index in [1.165, 1.54) is 5.56 Å². The SMILES string of the molecule is CCc1c(N)cnn1Cc1ccc(Cl)cc1. The van der Waals surface area contributed by atoms with Crippen LogP contribution in [0.15, 0.2) is 30.5 Å². The average molecular weight is 236 g/mol. The van der Waals surface area contributed by atoms with E-state index >= 15 is 0 Å². The van der Waals surface area contributed by atoms with Crippen molar-refractivity contribution in [3.63, 3.8) is 0 Å². The van der Waals surface area contributed by atoms with Crippen LogP contribution in [0, 0.1) is 0 Å². The molecule has 1 aromatic carbocycles. The van der Waals surface area contributed by atoms with Crippen LogP contribution in [-0.4, -0.2) is 9.78 Å². The van der Waals surface area contributed by atoms with E-state index in [0.717, 1.165) is 29.4 Å². The Morgan fingerprint density at radius 3 is 2.62 bits per heavy atom. The fraction of sp³-hybridized carbons (Fsp3) is 0.250. The third kappa shape index (κ3) is 2.19. The van der Waals surface area contributed by atoms with Gasteiger partial charge in [0.25, 0.3) is 0 Å². The number of halogens is 1. The number of benzene rings is 1. The molecular weight excluding hydrogens is 222 g/mol. The molecule has 3 nitrogen and oxygen atoms in total. The van der Waals surface area contributed by atoms with Gasteiger partial charge < -0.3 is 5.73 Å². The lowest BCUT2D eigenvalue weighted by Gasteiger charge is -2.06. The summed E-state index contributed by atoms with van der Waals surface area (Å²) in [5.74, 6) is 0. The zero-order valence-electron chi connectivity index (χ0n) is 9.15. The monoisotopic (exact) mass is 235 g/mol. The van der Waals surface area contributed by atoms with Crippen LogP contribution in [0.2, 0.25) is 5.02 Å². The lowest BCUT2D eigenvalue weighted by molar-refractivity contribution is 0.650. The van der Waals surface area contributed by atoms with Crippen molar-refractivity contribution in [2.75, 3.05) is 5.73 Å². The second-order valence-corrected chi connectivity index (χ2v) is 4.12. The van der Waals surface area contributed by atoms with Crippen molar-refractivity contribution in [1.29, 1.82) is 0 Å². The maximum absolute atomic E-state index is 5.83. The summed E-state index contributed by atoms with van der Waals surface area (Å²) in [4.78, 5) is 0. The van der Waals surface area contributed by atoms with Crippen molar-refractivity contribution in [3.05, 3.63) is 46.7 Å². The first-order valence-electron chi connectivity index (χ1n) is 5.25. The highest BCUT2D eigenvalue weighted by atomic mass is 35.5. The van der Waals surface area contributed by atoms with E-state index in [-0.39, 0.29) is 0 Å². The smallest absolute Gasteiger partial charge is 0.0733 e. The number of rotatable bonds is 3. The Morgan fingerprint density at radius 2 is 2.00 bits per heavy atom. The number of nitrogens with zero attached hydrogens (tertiary/aromatic N) is 2. The molecule has 0 radical (unpaired) electrons. The number of hydrogen-bond acceptors (Lipinski definition) is 2. The van der Waals surface area contributed by atoms with Gasteiger partial charge in [-0.15, -0.1) is 0 Å². The van der Waals surface area contributed by atoms with Crippen LogP contribution in [0.1, 0.15) is 18.2 Å². The summed E-state index contributed by atoms with van der Waals surface area (Å²) in [6, 6.07) is 7.77. The number of anilines is 1. The molecule has 0 fully saturated rings. The molecule has 1 heterocycles. The van der Waals surface area contributed by atoms with E-state index in [0.29, 0.717) is 0 Å². The molecule has 0 saturated heterocycles. The Labute approximate surface area is 99.8 Å². The number of nitrogen functional groups attached to an aromatic ring is 1. The molecule has 0 amide bonds. The van der Waals surface area contributed by atoms with Gasteiger partial charge in [0, 0.05) is 5.02 Å². The summed E-state index contributed by atoms with van der Waals surface area (Å²) < 4.78 is 1.93. The topological polar surface area (TPSA) is 43.8 Å². The highest BCUT2D eigenvalue weighted by Gasteiger charge is 2.06. The van der Waals surface area contributed by atoms with Gasteiger partial charge in [0.2, 0.25) is 0 Å². The van der Waals surface area contributed by atoms with E-state index in [2.05, 4.69) is 12.0 Å². The second kappa shape index (κ2) is 4.58. The van der Waals surface area contributed by atoms with E-state index in [9.17, 15) is 0 Å². The summed E-state index contributed by atoms with van der Waals surface area (Å²) in [6.45, 7) is 2.81. The lowest BCUT2D eigenvalue weighted by Crippen LogP contribution is -2.06. The molecule has 2 N–H and O–H groups in total. The second-order valence-electron chi connectivity index (χ2n) is 3.68. The van der Waals surface area contributed by atoms with Crippen LogP contribution in [0.3, 0.4) is 0 Å². The molecule has 0 aliphatic rings. The van der Waals surface area contributed by atoms with Crippen molar-refractivity contribution in [3.8, 4) is 0 Å². The van der Waals surface area contributed by atoms with E-state index < -0.39 is 0 Å². The van der Waals surface area contributed by atoms with Gasteiger partial charge in [-0.3, -0.25) is 4.68 Å². The Kier molecular flexibility index (Phi) is 3.15. The molecule has 4 heteroatoms. The normalized spacial score (nSPS) is 10.6. The van der Waals surface area contributed by atoms with Gasteiger partial charge in [-0.2, -0.15) is 5.10 Å². The third-order valence-corrected chi connectivity index (χ3v) is 2.81. The summed E-state index contributed by atoms with van der Waals surface area (Å²) in [5.41, 5.74) is 8.83. The van der Waals surface area contributed by atoms with Gasteiger partial charge >= 0.3 is 0 Å². The quantitative estimate of drug-likeness (QED) is 0.889. The van der Waals surface area contributed by atoms with Gasteiger partial charge in [0.1, 0.15) is 0 Å². The van der Waals surface area contributed by atoms with Gasteiger partial charge in [-0.05, 0) is 24.1 Å². The van der Waals surface area contributed by atoms with Crippen LogP contribution >= 0.6 is 11.6 Å². The highest BCUT2D eigenvalue weighted by molar-refractivity contribution is 6.30. The van der Waals surface area contributed by atoms with Crippen molar-refractivity contribution >= 4 is 17.3 Å². The van der Waals surface area contributed by atoms with Crippen LogP contribution in [0.5, 0.6) is 0 Å². The molecule has 16 heavy (non-hydrogen) atoms. The van der Waals surface area contributed by atoms with Crippen molar-refractivity contribution < 1.29 is 0 Å². The van der Waals surface area contributed by atoms with Crippen LogP contribution in [0.4, 0.5) is 5.69 Å². The molecule has 0 atom stereocenters. The minimum atomic E-state index is 0.734. The molecule has 0 bridgehead atoms. The predicted molar refractivity (Wildman–Crippen MR) is 66.6 cm³/mol. The molecule has 0 aliphatic carbocycles. The van der Waals surface area contributed by atoms with E-state index in [4.69, 9.17) is 17.3 Å². The molecule has 84 valence electrons. The summed E-state index contributed by atoms with van der Waals surface area (Å²) in [6.07, 6.45) is 2.59. The first-order valence-corrected chi connectivity index (χ1v) is 5.63. The van der Waals surface area contributed by atoms with Crippen LogP contribution in [-0.2, 0) is 13.0 Å². The molecular formula is C12H14ClN3. The van der Waals surface area contributed by atoms with Crippen LogP contribution in [0.25, 0.3) is 0 Å². The first-order chi connectivity index (χ1) is 7.70. The van der Waals surface area contributed by atoms with Crippen molar-refractivity contribution in [2.45, 2.75) is 19.9 Å². The fourth-order valence-electron chi connectivity index (χ4n) is 1.71. The average Bonchev–Trinajstić information content (AvgIpc) is 2.63. The molecule has 0 unspecified atom stereocenters. The highest BCUT2D eigenvalue weighted by Crippen LogP contribution is 2.15. The largest absolute Gasteiger partial charge is 0.396 e. The van der Waals surface area contributed by atoms with Gasteiger partial charge in [0.05, 0.1) is 24.1 Å². The molecule has 0 saturated carbocycles. The summed E-state index contributed by atoms with van der Waals surface area (Å²) >= 11 is 5.83. The third-order valence-electron chi connectivity index (χ3n) is 2.56. The Bertz CT molecular complexity index is 474. The minimum Gasteiger partial charge on any atom is -0.396 e. The number of aromatic nitrogens is 2. The van der Waals surface area contributed by atoms with Gasteiger partial charge in [-0.25, -0.2) is 0 Å². The zero-order valence-corrected chi connectivity index (χ0v) is 9.91. The fourth-order valence-corrected chi connectivity index (χ4v) is 1.84. The van der Waals surface area contributed by atoms with E-state index in [1.807, 2.05) is 28.9 Å². The molecule has 2 aromatic rings. The Morgan fingerprint density at radius 1 is 1.31 bits per heavy atom. The zero-order chi connectivity index (χ0) is 11.5. The van der Waals surface area contributed by atoms with Crippen molar-refractivity contribution in [2.24, 2.45) is 0 Å². The molecule has 2 rings (SSSR count).